The van der Waals surface area contributed by atoms with Crippen LogP contribution < -0.4 is 4.74 Å². The van der Waals surface area contributed by atoms with Crippen LogP contribution in [0, 0.1) is 9.39 Å². The number of rotatable bonds is 4. The molecule has 0 radical (unpaired) electrons. The first-order valence-electron chi connectivity index (χ1n) is 4.03. The highest BCUT2D eigenvalue weighted by Crippen LogP contribution is 2.30. The van der Waals surface area contributed by atoms with Gasteiger partial charge in [0, 0.05) is 18.7 Å². The minimum Gasteiger partial charge on any atom is -0.507 e. The summed E-state index contributed by atoms with van der Waals surface area (Å²) in [6.07, 6.45) is 0. The molecule has 14 heavy (non-hydrogen) atoms. The predicted octanol–water partition coefficient (Wildman–Crippen LogP) is 2.51. The first kappa shape index (κ1) is 11.5. The van der Waals surface area contributed by atoms with E-state index in [-0.39, 0.29) is 18.3 Å². The van der Waals surface area contributed by atoms with Crippen LogP contribution in [0.25, 0.3) is 0 Å². The van der Waals surface area contributed by atoms with Gasteiger partial charge in [0.25, 0.3) is 0 Å². The second-order valence-corrected chi connectivity index (χ2v) is 3.57. The van der Waals surface area contributed by atoms with Gasteiger partial charge in [-0.05, 0) is 29.5 Å². The van der Waals surface area contributed by atoms with Crippen LogP contribution in [0.3, 0.4) is 0 Å². The monoisotopic (exact) mass is 312 g/mol. The van der Waals surface area contributed by atoms with Crippen LogP contribution in [0.4, 0.5) is 4.39 Å². The SMILES string of the molecule is CCOCOc1cc(F)cc(O)c1I. The van der Waals surface area contributed by atoms with Crippen molar-refractivity contribution in [2.45, 2.75) is 6.92 Å². The average Bonchev–Trinajstić information content (AvgIpc) is 2.13. The molecular weight excluding hydrogens is 302 g/mol. The minimum absolute atomic E-state index is 0.0510. The van der Waals surface area contributed by atoms with Crippen molar-refractivity contribution in [3.8, 4) is 11.5 Å². The topological polar surface area (TPSA) is 38.7 Å². The van der Waals surface area contributed by atoms with Crippen molar-refractivity contribution in [1.82, 2.24) is 0 Å². The summed E-state index contributed by atoms with van der Waals surface area (Å²) in [5.74, 6) is -0.372. The highest BCUT2D eigenvalue weighted by Gasteiger charge is 2.08. The molecule has 0 atom stereocenters. The zero-order chi connectivity index (χ0) is 10.6. The van der Waals surface area contributed by atoms with Crippen molar-refractivity contribution < 1.29 is 19.0 Å². The minimum atomic E-state index is -0.533. The number of hydrogen-bond donors (Lipinski definition) is 1. The molecule has 3 nitrogen and oxygen atoms in total. The Kier molecular flexibility index (Phi) is 4.40. The van der Waals surface area contributed by atoms with Crippen LogP contribution in [-0.2, 0) is 4.74 Å². The van der Waals surface area contributed by atoms with Gasteiger partial charge >= 0.3 is 0 Å². The van der Waals surface area contributed by atoms with Gasteiger partial charge in [0.1, 0.15) is 17.3 Å². The highest BCUT2D eigenvalue weighted by atomic mass is 127. The Bertz CT molecular complexity index is 317. The molecule has 1 aromatic rings. The smallest absolute Gasteiger partial charge is 0.189 e. The molecule has 0 amide bonds. The van der Waals surface area contributed by atoms with Gasteiger partial charge in [0.15, 0.2) is 6.79 Å². The first-order valence-corrected chi connectivity index (χ1v) is 5.11. The predicted molar refractivity (Wildman–Crippen MR) is 57.9 cm³/mol. The van der Waals surface area contributed by atoms with Crippen LogP contribution in [0.15, 0.2) is 12.1 Å². The fourth-order valence-electron chi connectivity index (χ4n) is 0.844. The van der Waals surface area contributed by atoms with Crippen molar-refractivity contribution >= 4 is 22.6 Å². The molecule has 1 aromatic carbocycles. The van der Waals surface area contributed by atoms with Gasteiger partial charge in [0.05, 0.1) is 3.57 Å². The van der Waals surface area contributed by atoms with Crippen molar-refractivity contribution in [2.24, 2.45) is 0 Å². The number of halogens is 2. The van der Waals surface area contributed by atoms with E-state index in [1.807, 2.05) is 29.5 Å². The first-order chi connectivity index (χ1) is 6.65. The molecule has 0 spiro atoms. The summed E-state index contributed by atoms with van der Waals surface area (Å²) in [5, 5.41) is 9.27. The van der Waals surface area contributed by atoms with Crippen LogP contribution >= 0.6 is 22.6 Å². The Labute approximate surface area is 95.0 Å². The number of phenols is 1. The largest absolute Gasteiger partial charge is 0.507 e. The lowest BCUT2D eigenvalue weighted by Gasteiger charge is -2.08. The molecule has 0 unspecified atom stereocenters. The number of phenolic OH excluding ortho intramolecular Hbond substituents is 1. The fourth-order valence-corrected chi connectivity index (χ4v) is 1.31. The number of ether oxygens (including phenoxy) is 2. The van der Waals surface area contributed by atoms with E-state index in [4.69, 9.17) is 9.47 Å². The maximum Gasteiger partial charge on any atom is 0.189 e. The molecule has 0 aromatic heterocycles. The molecule has 0 bridgehead atoms. The van der Waals surface area contributed by atoms with Gasteiger partial charge in [-0.25, -0.2) is 4.39 Å². The lowest BCUT2D eigenvalue weighted by molar-refractivity contribution is 0.0216. The molecule has 0 heterocycles. The summed E-state index contributed by atoms with van der Waals surface area (Å²) in [4.78, 5) is 0. The molecule has 1 N–H and O–H groups in total. The van der Waals surface area contributed by atoms with E-state index < -0.39 is 5.82 Å². The fraction of sp³-hybridized carbons (Fsp3) is 0.333. The van der Waals surface area contributed by atoms with Crippen molar-refractivity contribution in [2.75, 3.05) is 13.4 Å². The summed E-state index contributed by atoms with van der Waals surface area (Å²) in [6.45, 7) is 2.41. The van der Waals surface area contributed by atoms with Crippen LogP contribution in [0.2, 0.25) is 0 Å². The Morgan fingerprint density at radius 1 is 1.50 bits per heavy atom. The van der Waals surface area contributed by atoms with Gasteiger partial charge in [-0.1, -0.05) is 0 Å². The average molecular weight is 312 g/mol. The molecule has 78 valence electrons. The summed E-state index contributed by atoms with van der Waals surface area (Å²) in [5.41, 5.74) is 0. The Morgan fingerprint density at radius 2 is 2.21 bits per heavy atom. The quantitative estimate of drug-likeness (QED) is 0.527. The third kappa shape index (κ3) is 2.98. The standard InChI is InChI=1S/C9H10FIO3/c1-2-13-5-14-8-4-6(10)3-7(12)9(8)11/h3-4,12H,2,5H2,1H3. The van der Waals surface area contributed by atoms with Gasteiger partial charge in [0.2, 0.25) is 0 Å². The lowest BCUT2D eigenvalue weighted by Crippen LogP contribution is -2.03. The Hall–Kier alpha value is -0.560. The van der Waals surface area contributed by atoms with Crippen LogP contribution in [0.5, 0.6) is 11.5 Å². The van der Waals surface area contributed by atoms with E-state index in [1.165, 1.54) is 6.07 Å². The molecule has 0 aliphatic heterocycles. The van der Waals surface area contributed by atoms with E-state index in [2.05, 4.69) is 0 Å². The summed E-state index contributed by atoms with van der Waals surface area (Å²) >= 11 is 1.88. The molecule has 1 rings (SSSR count). The third-order valence-electron chi connectivity index (χ3n) is 1.49. The highest BCUT2D eigenvalue weighted by molar-refractivity contribution is 14.1. The van der Waals surface area contributed by atoms with Crippen molar-refractivity contribution in [3.63, 3.8) is 0 Å². The van der Waals surface area contributed by atoms with Gasteiger partial charge in [-0.2, -0.15) is 0 Å². The van der Waals surface area contributed by atoms with Crippen LogP contribution in [-0.4, -0.2) is 18.5 Å². The molecule has 0 aliphatic rings. The molecule has 0 saturated carbocycles. The number of hydrogen-bond acceptors (Lipinski definition) is 3. The van der Waals surface area contributed by atoms with Gasteiger partial charge in [-0.3, -0.25) is 0 Å². The summed E-state index contributed by atoms with van der Waals surface area (Å²) in [6, 6.07) is 2.25. The van der Waals surface area contributed by atoms with E-state index in [1.54, 1.807) is 0 Å². The zero-order valence-corrected chi connectivity index (χ0v) is 9.75. The van der Waals surface area contributed by atoms with Crippen molar-refractivity contribution in [1.29, 1.82) is 0 Å². The lowest BCUT2D eigenvalue weighted by atomic mass is 10.3. The van der Waals surface area contributed by atoms with Gasteiger partial charge < -0.3 is 14.6 Å². The maximum absolute atomic E-state index is 12.8. The third-order valence-corrected chi connectivity index (χ3v) is 2.57. The van der Waals surface area contributed by atoms with E-state index in [0.29, 0.717) is 10.2 Å². The maximum atomic E-state index is 12.8. The molecule has 5 heteroatoms. The number of benzene rings is 1. The summed E-state index contributed by atoms with van der Waals surface area (Å²) < 4.78 is 23.4. The zero-order valence-electron chi connectivity index (χ0n) is 7.59. The summed E-state index contributed by atoms with van der Waals surface area (Å²) in [7, 11) is 0. The van der Waals surface area contributed by atoms with E-state index >= 15 is 0 Å². The molecular formula is C9H10FIO3. The second-order valence-electron chi connectivity index (χ2n) is 2.49. The Balaban J connectivity index is 2.75. The molecule has 0 aliphatic carbocycles. The van der Waals surface area contributed by atoms with E-state index in [0.717, 1.165) is 6.07 Å². The van der Waals surface area contributed by atoms with Gasteiger partial charge in [-0.15, -0.1) is 0 Å². The Morgan fingerprint density at radius 3 is 2.86 bits per heavy atom. The molecule has 0 saturated heterocycles. The normalized spacial score (nSPS) is 10.2. The second kappa shape index (κ2) is 5.35. The van der Waals surface area contributed by atoms with Crippen molar-refractivity contribution in [3.05, 3.63) is 21.5 Å². The number of aromatic hydroxyl groups is 1. The van der Waals surface area contributed by atoms with Crippen LogP contribution in [0.1, 0.15) is 6.92 Å². The van der Waals surface area contributed by atoms with E-state index in [9.17, 15) is 9.50 Å². The molecule has 0 fully saturated rings.